The summed E-state index contributed by atoms with van der Waals surface area (Å²) in [6.45, 7) is 0. The zero-order chi connectivity index (χ0) is 15.1. The highest BCUT2D eigenvalue weighted by Crippen LogP contribution is 2.30. The summed E-state index contributed by atoms with van der Waals surface area (Å²) in [5, 5.41) is 8.91. The minimum atomic E-state index is -0.325. The molecule has 0 saturated carbocycles. The highest BCUT2D eigenvalue weighted by atomic mass is 127. The third-order valence-corrected chi connectivity index (χ3v) is 4.50. The number of nitrogens with zero attached hydrogens (tertiary/aromatic N) is 3. The van der Waals surface area contributed by atoms with Gasteiger partial charge in [0.05, 0.1) is 31.9 Å². The highest BCUT2D eigenvalue weighted by Gasteiger charge is 2.15. The molecule has 0 aliphatic carbocycles. The van der Waals surface area contributed by atoms with Crippen LogP contribution in [0.5, 0.6) is 0 Å². The number of anilines is 1. The average molecular weight is 457 g/mol. The maximum atomic E-state index is 13.8. The van der Waals surface area contributed by atoms with E-state index in [2.05, 4.69) is 27.0 Å². The van der Waals surface area contributed by atoms with E-state index in [1.54, 1.807) is 28.8 Å². The Morgan fingerprint density at radius 2 is 2.10 bits per heavy atom. The van der Waals surface area contributed by atoms with Crippen LogP contribution < -0.4 is 5.73 Å². The average Bonchev–Trinajstić information content (AvgIpc) is 2.75. The van der Waals surface area contributed by atoms with Crippen LogP contribution in [0.1, 0.15) is 5.56 Å². The predicted octanol–water partition coefficient (Wildman–Crippen LogP) is 3.99. The summed E-state index contributed by atoms with van der Waals surface area (Å²) >= 11 is 5.33. The van der Waals surface area contributed by atoms with Gasteiger partial charge in [-0.3, -0.25) is 4.57 Å². The largest absolute Gasteiger partial charge is 0.369 e. The van der Waals surface area contributed by atoms with Crippen molar-refractivity contribution in [2.75, 3.05) is 5.73 Å². The molecular weight excluding hydrogens is 450 g/mol. The summed E-state index contributed by atoms with van der Waals surface area (Å²) in [5.74, 6) is -0.0641. The lowest BCUT2D eigenvalue weighted by Crippen LogP contribution is -2.02. The molecule has 0 saturated heterocycles. The Morgan fingerprint density at radius 3 is 2.76 bits per heavy atom. The molecule has 0 spiro atoms. The van der Waals surface area contributed by atoms with Crippen molar-refractivity contribution < 1.29 is 4.39 Å². The van der Waals surface area contributed by atoms with Gasteiger partial charge in [-0.2, -0.15) is 5.26 Å². The van der Waals surface area contributed by atoms with Crippen LogP contribution in [0.15, 0.2) is 34.8 Å². The second-order valence-corrected chi connectivity index (χ2v) is 6.35. The fourth-order valence-electron chi connectivity index (χ4n) is 2.10. The van der Waals surface area contributed by atoms with Crippen molar-refractivity contribution in [3.8, 4) is 11.8 Å². The molecule has 104 valence electrons. The van der Waals surface area contributed by atoms with Gasteiger partial charge < -0.3 is 5.73 Å². The molecule has 0 radical (unpaired) electrons. The van der Waals surface area contributed by atoms with Crippen LogP contribution in [-0.2, 0) is 0 Å². The standard InChI is InChI=1S/C14H7BrFIN4/c15-8-3-7(6-18)1-2-12(8)21-13-4-9(16)10(17)5-11(13)20-14(21)19/h1-5H,(H2,19,20). The minimum Gasteiger partial charge on any atom is -0.369 e. The van der Waals surface area contributed by atoms with Gasteiger partial charge in [0.1, 0.15) is 5.82 Å². The molecule has 1 aromatic heterocycles. The van der Waals surface area contributed by atoms with E-state index in [4.69, 9.17) is 11.0 Å². The van der Waals surface area contributed by atoms with E-state index in [9.17, 15) is 4.39 Å². The Balaban J connectivity index is 2.32. The Kier molecular flexibility index (Phi) is 3.59. The fraction of sp³-hybridized carbons (Fsp3) is 0. The van der Waals surface area contributed by atoms with Crippen LogP contribution >= 0.6 is 38.5 Å². The van der Waals surface area contributed by atoms with E-state index >= 15 is 0 Å². The first-order chi connectivity index (χ1) is 10.0. The zero-order valence-electron chi connectivity index (χ0n) is 10.4. The molecule has 7 heteroatoms. The lowest BCUT2D eigenvalue weighted by Gasteiger charge is -2.09. The lowest BCUT2D eigenvalue weighted by atomic mass is 10.2. The van der Waals surface area contributed by atoms with E-state index < -0.39 is 0 Å². The Morgan fingerprint density at radius 1 is 1.33 bits per heavy atom. The Bertz CT molecular complexity index is 913. The lowest BCUT2D eigenvalue weighted by molar-refractivity contribution is 0.622. The number of nitriles is 1. The number of benzene rings is 2. The molecule has 3 rings (SSSR count). The number of nitrogen functional groups attached to an aromatic ring is 1. The minimum absolute atomic E-state index is 0.261. The zero-order valence-corrected chi connectivity index (χ0v) is 14.2. The summed E-state index contributed by atoms with van der Waals surface area (Å²) in [6.07, 6.45) is 0. The van der Waals surface area contributed by atoms with Crippen LogP contribution in [0.4, 0.5) is 10.3 Å². The van der Waals surface area contributed by atoms with Crippen molar-refractivity contribution >= 4 is 55.5 Å². The summed E-state index contributed by atoms with van der Waals surface area (Å²) in [4.78, 5) is 4.26. The van der Waals surface area contributed by atoms with Crippen LogP contribution in [0.3, 0.4) is 0 Å². The van der Waals surface area contributed by atoms with E-state index in [-0.39, 0.29) is 11.8 Å². The fourth-order valence-corrected chi connectivity index (χ4v) is 3.11. The first-order valence-electron chi connectivity index (χ1n) is 5.84. The third kappa shape index (κ3) is 2.38. The van der Waals surface area contributed by atoms with E-state index in [0.717, 1.165) is 0 Å². The molecule has 21 heavy (non-hydrogen) atoms. The van der Waals surface area contributed by atoms with Crippen molar-refractivity contribution in [1.82, 2.24) is 9.55 Å². The first kappa shape index (κ1) is 14.3. The van der Waals surface area contributed by atoms with Gasteiger partial charge in [-0.1, -0.05) is 0 Å². The van der Waals surface area contributed by atoms with Crippen LogP contribution in [0, 0.1) is 20.7 Å². The van der Waals surface area contributed by atoms with Gasteiger partial charge in [0, 0.05) is 10.5 Å². The van der Waals surface area contributed by atoms with Crippen molar-refractivity contribution in [3.63, 3.8) is 0 Å². The van der Waals surface area contributed by atoms with Gasteiger partial charge in [0.25, 0.3) is 0 Å². The van der Waals surface area contributed by atoms with Crippen molar-refractivity contribution in [1.29, 1.82) is 5.26 Å². The SMILES string of the molecule is N#Cc1ccc(-n2c(N)nc3cc(I)c(F)cc32)c(Br)c1. The smallest absolute Gasteiger partial charge is 0.205 e. The normalized spacial score (nSPS) is 10.8. The number of imidazole rings is 1. The number of hydrogen-bond acceptors (Lipinski definition) is 3. The molecule has 0 aliphatic rings. The van der Waals surface area contributed by atoms with Crippen molar-refractivity contribution in [3.05, 3.63) is 49.8 Å². The molecule has 0 atom stereocenters. The van der Waals surface area contributed by atoms with Gasteiger partial charge in [-0.15, -0.1) is 0 Å². The van der Waals surface area contributed by atoms with Crippen molar-refractivity contribution in [2.45, 2.75) is 0 Å². The third-order valence-electron chi connectivity index (χ3n) is 3.04. The van der Waals surface area contributed by atoms with Gasteiger partial charge in [-0.25, -0.2) is 9.37 Å². The molecule has 0 fully saturated rings. The van der Waals surface area contributed by atoms with E-state index in [1.165, 1.54) is 6.07 Å². The summed E-state index contributed by atoms with van der Waals surface area (Å²) in [6, 6.07) is 10.2. The second kappa shape index (κ2) is 5.27. The maximum Gasteiger partial charge on any atom is 0.205 e. The van der Waals surface area contributed by atoms with E-state index in [1.807, 2.05) is 22.6 Å². The molecule has 1 heterocycles. The molecule has 2 N–H and O–H groups in total. The molecule has 3 aromatic rings. The summed E-state index contributed by atoms with van der Waals surface area (Å²) < 4.78 is 16.7. The molecule has 4 nitrogen and oxygen atoms in total. The summed E-state index contributed by atoms with van der Waals surface area (Å²) in [7, 11) is 0. The van der Waals surface area contributed by atoms with Crippen molar-refractivity contribution in [2.24, 2.45) is 0 Å². The monoisotopic (exact) mass is 456 g/mol. The van der Waals surface area contributed by atoms with E-state index in [0.29, 0.717) is 30.3 Å². The molecule has 0 bridgehead atoms. The molecular formula is C14H7BrFIN4. The molecule has 0 amide bonds. The Hall–Kier alpha value is -1.66. The maximum absolute atomic E-state index is 13.8. The Labute approximate surface area is 141 Å². The predicted molar refractivity (Wildman–Crippen MR) is 90.6 cm³/mol. The quantitative estimate of drug-likeness (QED) is 0.563. The topological polar surface area (TPSA) is 67.6 Å². The first-order valence-corrected chi connectivity index (χ1v) is 7.71. The van der Waals surface area contributed by atoms with Crippen LogP contribution in [0.25, 0.3) is 16.7 Å². The summed E-state index contributed by atoms with van der Waals surface area (Å²) in [5.41, 5.74) is 8.39. The van der Waals surface area contributed by atoms with Gasteiger partial charge in [0.15, 0.2) is 0 Å². The molecule has 0 aliphatic heterocycles. The molecule has 2 aromatic carbocycles. The number of nitrogens with two attached hydrogens (primary N) is 1. The number of fused-ring (bicyclic) bond motifs is 1. The van der Waals surface area contributed by atoms with Crippen LogP contribution in [-0.4, -0.2) is 9.55 Å². The number of aromatic nitrogens is 2. The van der Waals surface area contributed by atoms with Gasteiger partial charge in [0.2, 0.25) is 5.95 Å². The van der Waals surface area contributed by atoms with Gasteiger partial charge >= 0.3 is 0 Å². The number of rotatable bonds is 1. The van der Waals surface area contributed by atoms with Crippen LogP contribution in [0.2, 0.25) is 0 Å². The number of halogens is 3. The highest BCUT2D eigenvalue weighted by molar-refractivity contribution is 14.1. The second-order valence-electron chi connectivity index (χ2n) is 4.34. The molecule has 0 unspecified atom stereocenters. The number of hydrogen-bond donors (Lipinski definition) is 1. The van der Waals surface area contributed by atoms with Gasteiger partial charge in [-0.05, 0) is 62.8 Å².